The smallest absolute Gasteiger partial charge is 0.253 e. The second kappa shape index (κ2) is 8.96. The first-order valence-electron chi connectivity index (χ1n) is 7.14. The average Bonchev–Trinajstić information content (AvgIpc) is 2.86. The largest absolute Gasteiger partial charge is 0.491 e. The van der Waals surface area contributed by atoms with E-state index in [1.54, 1.807) is 0 Å². The van der Waals surface area contributed by atoms with Crippen LogP contribution in [0.4, 0.5) is 0 Å². The Morgan fingerprint density at radius 2 is 1.36 bits per heavy atom. The lowest BCUT2D eigenvalue weighted by Gasteiger charge is -2.13. The van der Waals surface area contributed by atoms with E-state index in [9.17, 15) is 9.59 Å². The van der Waals surface area contributed by atoms with Crippen molar-refractivity contribution in [1.29, 1.82) is 0 Å². The SMILES string of the molecule is O=C1C=CC(=O)N1CCOCCOCCOc1ccccc1. The van der Waals surface area contributed by atoms with E-state index in [-0.39, 0.29) is 18.4 Å². The molecule has 1 aromatic rings. The van der Waals surface area contributed by atoms with Crippen LogP contribution >= 0.6 is 0 Å². The lowest BCUT2D eigenvalue weighted by molar-refractivity contribution is -0.137. The molecule has 2 rings (SSSR count). The molecule has 0 unspecified atom stereocenters. The number of nitrogens with zero attached hydrogens (tertiary/aromatic N) is 1. The number of hydrogen-bond acceptors (Lipinski definition) is 5. The minimum Gasteiger partial charge on any atom is -0.491 e. The van der Waals surface area contributed by atoms with Crippen molar-refractivity contribution in [2.45, 2.75) is 0 Å². The highest BCUT2D eigenvalue weighted by Crippen LogP contribution is 2.07. The Bertz CT molecular complexity index is 497. The maximum absolute atomic E-state index is 11.3. The number of amides is 2. The van der Waals surface area contributed by atoms with Gasteiger partial charge in [0, 0.05) is 12.2 Å². The Morgan fingerprint density at radius 3 is 2.05 bits per heavy atom. The van der Waals surface area contributed by atoms with E-state index >= 15 is 0 Å². The third-order valence-electron chi connectivity index (χ3n) is 2.97. The predicted molar refractivity (Wildman–Crippen MR) is 79.4 cm³/mol. The van der Waals surface area contributed by atoms with Gasteiger partial charge in [-0.2, -0.15) is 0 Å². The molecule has 0 atom stereocenters. The molecule has 6 nitrogen and oxygen atoms in total. The molecule has 1 heterocycles. The second-order valence-corrected chi connectivity index (χ2v) is 4.55. The van der Waals surface area contributed by atoms with Gasteiger partial charge < -0.3 is 14.2 Å². The van der Waals surface area contributed by atoms with E-state index in [0.717, 1.165) is 10.6 Å². The van der Waals surface area contributed by atoms with Gasteiger partial charge in [0.2, 0.25) is 0 Å². The van der Waals surface area contributed by atoms with E-state index in [1.807, 2.05) is 30.3 Å². The molecule has 0 aromatic heterocycles. The van der Waals surface area contributed by atoms with Crippen LogP contribution in [0.15, 0.2) is 42.5 Å². The molecule has 0 saturated heterocycles. The Hall–Kier alpha value is -2.18. The molecule has 22 heavy (non-hydrogen) atoms. The van der Waals surface area contributed by atoms with E-state index in [2.05, 4.69) is 0 Å². The van der Waals surface area contributed by atoms with Crippen LogP contribution in [0.1, 0.15) is 0 Å². The normalized spacial score (nSPS) is 13.9. The number of benzene rings is 1. The third kappa shape index (κ3) is 5.31. The average molecular weight is 305 g/mol. The zero-order valence-electron chi connectivity index (χ0n) is 12.3. The molecule has 0 radical (unpaired) electrons. The molecule has 1 aromatic carbocycles. The van der Waals surface area contributed by atoms with Gasteiger partial charge in [-0.15, -0.1) is 0 Å². The van der Waals surface area contributed by atoms with Gasteiger partial charge in [0.05, 0.1) is 33.0 Å². The molecular formula is C16H19NO5. The molecule has 0 spiro atoms. The van der Waals surface area contributed by atoms with E-state index < -0.39 is 0 Å². The van der Waals surface area contributed by atoms with Crippen LogP contribution in [0.5, 0.6) is 5.75 Å². The predicted octanol–water partition coefficient (Wildman–Crippen LogP) is 1.02. The van der Waals surface area contributed by atoms with Gasteiger partial charge in [-0.1, -0.05) is 18.2 Å². The number of carbonyl (C=O) groups excluding carboxylic acids is 2. The molecule has 2 amide bonds. The third-order valence-corrected chi connectivity index (χ3v) is 2.97. The highest BCUT2D eigenvalue weighted by molar-refractivity contribution is 6.12. The lowest BCUT2D eigenvalue weighted by Crippen LogP contribution is -2.33. The van der Waals surface area contributed by atoms with Gasteiger partial charge in [0.1, 0.15) is 12.4 Å². The van der Waals surface area contributed by atoms with Gasteiger partial charge in [0.15, 0.2) is 0 Å². The van der Waals surface area contributed by atoms with Crippen molar-refractivity contribution in [2.24, 2.45) is 0 Å². The maximum Gasteiger partial charge on any atom is 0.253 e. The van der Waals surface area contributed by atoms with Crippen LogP contribution < -0.4 is 4.74 Å². The van der Waals surface area contributed by atoms with Crippen LogP contribution in [0.25, 0.3) is 0 Å². The van der Waals surface area contributed by atoms with E-state index in [0.29, 0.717) is 33.0 Å². The summed E-state index contributed by atoms with van der Waals surface area (Å²) in [7, 11) is 0. The topological polar surface area (TPSA) is 65.1 Å². The number of carbonyl (C=O) groups is 2. The molecular weight excluding hydrogens is 286 g/mol. The van der Waals surface area contributed by atoms with Gasteiger partial charge in [0.25, 0.3) is 11.8 Å². The summed E-state index contributed by atoms with van der Waals surface area (Å²) in [4.78, 5) is 23.7. The summed E-state index contributed by atoms with van der Waals surface area (Å²) < 4.78 is 16.1. The zero-order chi connectivity index (χ0) is 15.6. The van der Waals surface area contributed by atoms with Gasteiger partial charge >= 0.3 is 0 Å². The fraction of sp³-hybridized carbons (Fsp3) is 0.375. The Labute approximate surface area is 129 Å². The summed E-state index contributed by atoms with van der Waals surface area (Å²) in [5.74, 6) is 0.238. The number of rotatable bonds is 10. The van der Waals surface area contributed by atoms with Crippen molar-refractivity contribution >= 4 is 11.8 Å². The molecule has 1 aliphatic heterocycles. The van der Waals surface area contributed by atoms with Crippen LogP contribution in [-0.2, 0) is 19.1 Å². The number of hydrogen-bond donors (Lipinski definition) is 0. The van der Waals surface area contributed by atoms with Crippen molar-refractivity contribution in [3.63, 3.8) is 0 Å². The van der Waals surface area contributed by atoms with Crippen LogP contribution in [-0.4, -0.2) is 56.3 Å². The summed E-state index contributed by atoms with van der Waals surface area (Å²) in [6.45, 7) is 2.38. The monoisotopic (exact) mass is 305 g/mol. The molecule has 0 fully saturated rings. The molecule has 118 valence electrons. The first-order chi connectivity index (χ1) is 10.8. The highest BCUT2D eigenvalue weighted by atomic mass is 16.5. The number of imide groups is 1. The minimum atomic E-state index is -0.289. The quantitative estimate of drug-likeness (QED) is 0.477. The van der Waals surface area contributed by atoms with E-state index in [1.165, 1.54) is 12.2 Å². The summed E-state index contributed by atoms with van der Waals surface area (Å²) in [5, 5.41) is 0. The van der Waals surface area contributed by atoms with Gasteiger partial charge in [-0.05, 0) is 12.1 Å². The Balaban J connectivity index is 1.42. The fourth-order valence-electron chi connectivity index (χ4n) is 1.86. The molecule has 0 aliphatic carbocycles. The molecule has 0 bridgehead atoms. The van der Waals surface area contributed by atoms with Gasteiger partial charge in [-0.25, -0.2) is 0 Å². The molecule has 6 heteroatoms. The van der Waals surface area contributed by atoms with Crippen LogP contribution in [0.3, 0.4) is 0 Å². The van der Waals surface area contributed by atoms with Crippen LogP contribution in [0, 0.1) is 0 Å². The lowest BCUT2D eigenvalue weighted by atomic mass is 10.3. The maximum atomic E-state index is 11.3. The van der Waals surface area contributed by atoms with Crippen molar-refractivity contribution in [3.05, 3.63) is 42.5 Å². The molecule has 1 aliphatic rings. The Kier molecular flexibility index (Phi) is 6.60. The van der Waals surface area contributed by atoms with Crippen molar-refractivity contribution < 1.29 is 23.8 Å². The molecule has 0 N–H and O–H groups in total. The fourth-order valence-corrected chi connectivity index (χ4v) is 1.86. The first kappa shape index (κ1) is 16.2. The van der Waals surface area contributed by atoms with Crippen molar-refractivity contribution in [2.75, 3.05) is 39.6 Å². The summed E-state index contributed by atoms with van der Waals surface area (Å²) in [6, 6.07) is 9.53. The molecule has 0 saturated carbocycles. The van der Waals surface area contributed by atoms with Crippen molar-refractivity contribution in [3.8, 4) is 5.75 Å². The highest BCUT2D eigenvalue weighted by Gasteiger charge is 2.22. The second-order valence-electron chi connectivity index (χ2n) is 4.55. The zero-order valence-corrected chi connectivity index (χ0v) is 12.3. The summed E-state index contributed by atoms with van der Waals surface area (Å²) in [6.07, 6.45) is 2.52. The van der Waals surface area contributed by atoms with E-state index in [4.69, 9.17) is 14.2 Å². The summed E-state index contributed by atoms with van der Waals surface area (Å²) in [5.41, 5.74) is 0. The Morgan fingerprint density at radius 1 is 0.773 bits per heavy atom. The standard InChI is InChI=1S/C16H19NO5/c18-15-6-7-16(19)17(15)8-9-20-10-11-21-12-13-22-14-4-2-1-3-5-14/h1-7H,8-13H2. The van der Waals surface area contributed by atoms with Crippen molar-refractivity contribution in [1.82, 2.24) is 4.90 Å². The number of para-hydroxylation sites is 1. The first-order valence-corrected chi connectivity index (χ1v) is 7.14. The van der Waals surface area contributed by atoms with Crippen LogP contribution in [0.2, 0.25) is 0 Å². The number of ether oxygens (including phenoxy) is 3. The minimum absolute atomic E-state index is 0.266. The van der Waals surface area contributed by atoms with Gasteiger partial charge in [-0.3, -0.25) is 14.5 Å². The summed E-state index contributed by atoms with van der Waals surface area (Å²) >= 11 is 0.